The standard InChI is InChI=1S/C15H12N6O2S/c16-12(22)10-2-1-5-18-13(10)21-15(23)20-11-8-24-14(19-11)9-3-6-17-7-4-9/h1-8H,(H2,16,22)(H2,18,20,21,23). The normalized spacial score (nSPS) is 10.2. The molecule has 3 aromatic rings. The average Bonchev–Trinajstić information content (AvgIpc) is 3.04. The van der Waals surface area contributed by atoms with Crippen molar-refractivity contribution >= 4 is 34.9 Å². The van der Waals surface area contributed by atoms with Crippen LogP contribution in [-0.2, 0) is 0 Å². The van der Waals surface area contributed by atoms with E-state index in [1.807, 2.05) is 12.1 Å². The van der Waals surface area contributed by atoms with Gasteiger partial charge in [-0.3, -0.25) is 20.4 Å². The van der Waals surface area contributed by atoms with Crippen LogP contribution in [0, 0.1) is 0 Å². The highest BCUT2D eigenvalue weighted by Gasteiger charge is 2.13. The summed E-state index contributed by atoms with van der Waals surface area (Å²) in [5, 5.41) is 7.53. The van der Waals surface area contributed by atoms with E-state index in [0.29, 0.717) is 5.82 Å². The van der Waals surface area contributed by atoms with Crippen molar-refractivity contribution < 1.29 is 9.59 Å². The number of nitrogens with two attached hydrogens (primary N) is 1. The zero-order valence-corrected chi connectivity index (χ0v) is 13.1. The van der Waals surface area contributed by atoms with Crippen LogP contribution in [0.1, 0.15) is 10.4 Å². The van der Waals surface area contributed by atoms with E-state index in [-0.39, 0.29) is 11.4 Å². The number of thiazole rings is 1. The minimum absolute atomic E-state index is 0.0899. The van der Waals surface area contributed by atoms with Crippen LogP contribution >= 0.6 is 11.3 Å². The van der Waals surface area contributed by atoms with Crippen molar-refractivity contribution in [1.29, 1.82) is 0 Å². The average molecular weight is 340 g/mol. The van der Waals surface area contributed by atoms with E-state index < -0.39 is 11.9 Å². The van der Waals surface area contributed by atoms with E-state index in [0.717, 1.165) is 10.6 Å². The first-order chi connectivity index (χ1) is 11.6. The number of primary amides is 1. The highest BCUT2D eigenvalue weighted by atomic mass is 32.1. The molecule has 3 amide bonds. The summed E-state index contributed by atoms with van der Waals surface area (Å²) in [6, 6.07) is 6.13. The number of nitrogens with one attached hydrogen (secondary N) is 2. The fourth-order valence-electron chi connectivity index (χ4n) is 1.92. The predicted octanol–water partition coefficient (Wildman–Crippen LogP) is 2.34. The highest BCUT2D eigenvalue weighted by molar-refractivity contribution is 7.13. The van der Waals surface area contributed by atoms with Crippen molar-refractivity contribution in [2.45, 2.75) is 0 Å². The van der Waals surface area contributed by atoms with Crippen LogP contribution in [0.2, 0.25) is 0 Å². The molecule has 0 aliphatic rings. The molecule has 9 heteroatoms. The smallest absolute Gasteiger partial charge is 0.326 e. The first-order valence-electron chi connectivity index (χ1n) is 6.82. The summed E-state index contributed by atoms with van der Waals surface area (Å²) in [6.07, 6.45) is 4.79. The molecule has 0 fully saturated rings. The molecule has 24 heavy (non-hydrogen) atoms. The number of hydrogen-bond donors (Lipinski definition) is 3. The zero-order valence-electron chi connectivity index (χ0n) is 12.3. The number of carbonyl (C=O) groups is 2. The summed E-state index contributed by atoms with van der Waals surface area (Å²) in [6.45, 7) is 0. The second-order valence-corrected chi connectivity index (χ2v) is 5.47. The third kappa shape index (κ3) is 3.52. The van der Waals surface area contributed by atoms with E-state index in [4.69, 9.17) is 5.73 Å². The minimum Gasteiger partial charge on any atom is -0.365 e. The van der Waals surface area contributed by atoms with Gasteiger partial charge in [0.25, 0.3) is 5.91 Å². The zero-order chi connectivity index (χ0) is 16.9. The van der Waals surface area contributed by atoms with Gasteiger partial charge in [-0.25, -0.2) is 14.8 Å². The topological polar surface area (TPSA) is 123 Å². The lowest BCUT2D eigenvalue weighted by Crippen LogP contribution is -2.23. The molecule has 0 atom stereocenters. The summed E-state index contributed by atoms with van der Waals surface area (Å²) in [7, 11) is 0. The van der Waals surface area contributed by atoms with Gasteiger partial charge in [-0.2, -0.15) is 0 Å². The quantitative estimate of drug-likeness (QED) is 0.672. The van der Waals surface area contributed by atoms with E-state index in [1.54, 1.807) is 23.8 Å². The highest BCUT2D eigenvalue weighted by Crippen LogP contribution is 2.25. The molecule has 0 bridgehead atoms. The van der Waals surface area contributed by atoms with E-state index in [1.165, 1.54) is 23.6 Å². The van der Waals surface area contributed by atoms with Gasteiger partial charge in [-0.05, 0) is 24.3 Å². The van der Waals surface area contributed by atoms with Gasteiger partial charge in [0.2, 0.25) is 0 Å². The van der Waals surface area contributed by atoms with Gasteiger partial charge in [-0.15, -0.1) is 11.3 Å². The van der Waals surface area contributed by atoms with Crippen molar-refractivity contribution in [2.24, 2.45) is 5.73 Å². The Hall–Kier alpha value is -3.33. The largest absolute Gasteiger partial charge is 0.365 e. The molecular weight excluding hydrogens is 328 g/mol. The molecule has 4 N–H and O–H groups in total. The third-order valence-electron chi connectivity index (χ3n) is 2.98. The molecule has 3 rings (SSSR count). The fourth-order valence-corrected chi connectivity index (χ4v) is 2.68. The number of carbonyl (C=O) groups excluding carboxylic acids is 2. The number of anilines is 2. The number of urea groups is 1. The van der Waals surface area contributed by atoms with E-state index >= 15 is 0 Å². The first kappa shape index (κ1) is 15.6. The lowest BCUT2D eigenvalue weighted by Gasteiger charge is -2.07. The van der Waals surface area contributed by atoms with Gasteiger partial charge in [0.05, 0.1) is 5.56 Å². The molecule has 0 aliphatic carbocycles. The Bertz CT molecular complexity index is 880. The maximum atomic E-state index is 12.0. The number of rotatable bonds is 4. The maximum Gasteiger partial charge on any atom is 0.326 e. The molecule has 120 valence electrons. The van der Waals surface area contributed by atoms with Crippen molar-refractivity contribution in [3.05, 3.63) is 53.8 Å². The second kappa shape index (κ2) is 6.84. The maximum absolute atomic E-state index is 12.0. The van der Waals surface area contributed by atoms with Crippen LogP contribution in [0.5, 0.6) is 0 Å². The lowest BCUT2D eigenvalue weighted by atomic mass is 10.2. The Morgan fingerprint density at radius 2 is 1.88 bits per heavy atom. The first-order valence-corrected chi connectivity index (χ1v) is 7.70. The van der Waals surface area contributed by atoms with Gasteiger partial charge < -0.3 is 5.73 Å². The van der Waals surface area contributed by atoms with Gasteiger partial charge >= 0.3 is 6.03 Å². The minimum atomic E-state index is -0.674. The number of aromatic nitrogens is 3. The Morgan fingerprint density at radius 1 is 1.08 bits per heavy atom. The SMILES string of the molecule is NC(=O)c1cccnc1NC(=O)Nc1csc(-c2ccncc2)n1. The van der Waals surface area contributed by atoms with Gasteiger partial charge in [0.1, 0.15) is 16.6 Å². The van der Waals surface area contributed by atoms with Crippen LogP contribution in [0.25, 0.3) is 10.6 Å². The van der Waals surface area contributed by atoms with Crippen molar-refractivity contribution in [3.8, 4) is 10.6 Å². The van der Waals surface area contributed by atoms with Gasteiger partial charge in [0.15, 0.2) is 0 Å². The molecular formula is C15H12N6O2S. The Labute approximate surface area is 140 Å². The van der Waals surface area contributed by atoms with E-state index in [9.17, 15) is 9.59 Å². The third-order valence-corrected chi connectivity index (χ3v) is 3.87. The number of amides is 3. The molecule has 0 saturated carbocycles. The molecule has 0 spiro atoms. The molecule has 0 aromatic carbocycles. The number of nitrogens with zero attached hydrogens (tertiary/aromatic N) is 3. The van der Waals surface area contributed by atoms with Crippen LogP contribution in [0.4, 0.5) is 16.4 Å². The Morgan fingerprint density at radius 3 is 2.62 bits per heavy atom. The summed E-state index contributed by atoms with van der Waals surface area (Å²) in [4.78, 5) is 35.6. The van der Waals surface area contributed by atoms with Crippen LogP contribution < -0.4 is 16.4 Å². The molecule has 3 aromatic heterocycles. The summed E-state index contributed by atoms with van der Waals surface area (Å²) in [5.41, 5.74) is 6.28. The fraction of sp³-hybridized carbons (Fsp3) is 0. The predicted molar refractivity (Wildman–Crippen MR) is 90.7 cm³/mol. The summed E-state index contributed by atoms with van der Waals surface area (Å²) in [5.74, 6) is -0.194. The molecule has 0 aliphatic heterocycles. The summed E-state index contributed by atoms with van der Waals surface area (Å²) >= 11 is 1.39. The monoisotopic (exact) mass is 340 g/mol. The second-order valence-electron chi connectivity index (χ2n) is 4.62. The van der Waals surface area contributed by atoms with Crippen LogP contribution in [0.15, 0.2) is 48.2 Å². The Balaban J connectivity index is 1.70. The van der Waals surface area contributed by atoms with Crippen LogP contribution in [0.3, 0.4) is 0 Å². The van der Waals surface area contributed by atoms with Crippen molar-refractivity contribution in [3.63, 3.8) is 0 Å². The van der Waals surface area contributed by atoms with Crippen molar-refractivity contribution in [1.82, 2.24) is 15.0 Å². The Kier molecular flexibility index (Phi) is 4.43. The molecule has 0 unspecified atom stereocenters. The van der Waals surface area contributed by atoms with Crippen molar-refractivity contribution in [2.75, 3.05) is 10.6 Å². The number of hydrogen-bond acceptors (Lipinski definition) is 6. The number of pyridine rings is 2. The van der Waals surface area contributed by atoms with Gasteiger partial charge in [-0.1, -0.05) is 0 Å². The van der Waals surface area contributed by atoms with Crippen LogP contribution in [-0.4, -0.2) is 26.9 Å². The summed E-state index contributed by atoms with van der Waals surface area (Å²) < 4.78 is 0. The lowest BCUT2D eigenvalue weighted by molar-refractivity contribution is 0.100. The van der Waals surface area contributed by atoms with E-state index in [2.05, 4.69) is 25.6 Å². The molecule has 3 heterocycles. The molecule has 0 saturated heterocycles. The molecule has 8 nitrogen and oxygen atoms in total. The van der Waals surface area contributed by atoms with Gasteiger partial charge in [0, 0.05) is 29.5 Å². The molecule has 0 radical (unpaired) electrons.